The number of carbonyl (C=O) groups excluding carboxylic acids is 1. The molecule has 0 fully saturated rings. The highest BCUT2D eigenvalue weighted by Gasteiger charge is 2.19. The topological polar surface area (TPSA) is 44.1 Å². The predicted octanol–water partition coefficient (Wildman–Crippen LogP) is 2.92. The van der Waals surface area contributed by atoms with Gasteiger partial charge in [0, 0.05) is 18.5 Å². The summed E-state index contributed by atoms with van der Waals surface area (Å²) in [6, 6.07) is 7.78. The van der Waals surface area contributed by atoms with Gasteiger partial charge in [-0.2, -0.15) is 5.10 Å². The van der Waals surface area contributed by atoms with E-state index in [9.17, 15) is 4.79 Å². The van der Waals surface area contributed by atoms with Crippen molar-refractivity contribution >= 4 is 5.78 Å². The summed E-state index contributed by atoms with van der Waals surface area (Å²) in [7, 11) is 0. The summed E-state index contributed by atoms with van der Waals surface area (Å²) in [5.74, 6) is 1.06. The lowest BCUT2D eigenvalue weighted by Gasteiger charge is -2.09. The minimum Gasteiger partial charge on any atom is -0.487 e. The van der Waals surface area contributed by atoms with E-state index in [1.165, 1.54) is 0 Å². The van der Waals surface area contributed by atoms with Gasteiger partial charge in [0.25, 0.3) is 0 Å². The molecule has 1 heterocycles. The number of ketones is 1. The SMILES string of the molecule is CCn1nc(C)cc1COc1ccc2c(c1)CCC2=O. The molecule has 0 N–H and O–H groups in total. The number of hydrogen-bond donors (Lipinski definition) is 0. The standard InChI is InChI=1S/C16H18N2O2/c1-3-18-13(8-11(2)17-18)10-20-14-5-6-15-12(9-14)4-7-16(15)19/h5-6,8-9H,3-4,7,10H2,1-2H3. The average molecular weight is 270 g/mol. The molecule has 1 aromatic heterocycles. The molecule has 1 aliphatic rings. The van der Waals surface area contributed by atoms with Crippen LogP contribution in [0.3, 0.4) is 0 Å². The summed E-state index contributed by atoms with van der Waals surface area (Å²) in [5.41, 5.74) is 4.03. The Kier molecular flexibility index (Phi) is 3.30. The molecule has 1 aromatic carbocycles. The molecule has 20 heavy (non-hydrogen) atoms. The fourth-order valence-electron chi connectivity index (χ4n) is 2.67. The van der Waals surface area contributed by atoms with Crippen LogP contribution < -0.4 is 4.74 Å². The van der Waals surface area contributed by atoms with E-state index in [2.05, 4.69) is 12.0 Å². The molecule has 0 saturated carbocycles. The number of hydrogen-bond acceptors (Lipinski definition) is 3. The second-order valence-electron chi connectivity index (χ2n) is 5.12. The van der Waals surface area contributed by atoms with Crippen LogP contribution >= 0.6 is 0 Å². The van der Waals surface area contributed by atoms with Crippen LogP contribution in [0.4, 0.5) is 0 Å². The molecule has 4 heteroatoms. The van der Waals surface area contributed by atoms with Gasteiger partial charge in [0.15, 0.2) is 5.78 Å². The molecular weight excluding hydrogens is 252 g/mol. The van der Waals surface area contributed by atoms with Gasteiger partial charge in [-0.3, -0.25) is 9.48 Å². The summed E-state index contributed by atoms with van der Waals surface area (Å²) >= 11 is 0. The van der Waals surface area contributed by atoms with Crippen LogP contribution in [-0.2, 0) is 19.6 Å². The Hall–Kier alpha value is -2.10. The Morgan fingerprint density at radius 3 is 2.95 bits per heavy atom. The van der Waals surface area contributed by atoms with Crippen LogP contribution in [0.2, 0.25) is 0 Å². The second-order valence-corrected chi connectivity index (χ2v) is 5.12. The van der Waals surface area contributed by atoms with Crippen molar-refractivity contribution < 1.29 is 9.53 Å². The average Bonchev–Trinajstić information content (AvgIpc) is 2.99. The lowest BCUT2D eigenvalue weighted by atomic mass is 10.1. The lowest BCUT2D eigenvalue weighted by molar-refractivity contribution is 0.0994. The van der Waals surface area contributed by atoms with E-state index in [1.807, 2.05) is 35.9 Å². The maximum atomic E-state index is 11.6. The van der Waals surface area contributed by atoms with E-state index in [1.54, 1.807) is 0 Å². The first-order valence-corrected chi connectivity index (χ1v) is 6.99. The van der Waals surface area contributed by atoms with E-state index in [0.29, 0.717) is 13.0 Å². The molecule has 0 atom stereocenters. The number of fused-ring (bicyclic) bond motifs is 1. The van der Waals surface area contributed by atoms with Crippen molar-refractivity contribution in [3.8, 4) is 5.75 Å². The zero-order valence-electron chi connectivity index (χ0n) is 11.8. The van der Waals surface area contributed by atoms with Gasteiger partial charge in [-0.05, 0) is 50.1 Å². The monoisotopic (exact) mass is 270 g/mol. The van der Waals surface area contributed by atoms with E-state index >= 15 is 0 Å². The van der Waals surface area contributed by atoms with Gasteiger partial charge in [0.2, 0.25) is 0 Å². The number of aryl methyl sites for hydroxylation is 3. The highest BCUT2D eigenvalue weighted by molar-refractivity contribution is 6.00. The Bertz CT molecular complexity index is 658. The fourth-order valence-corrected chi connectivity index (χ4v) is 2.67. The molecule has 0 amide bonds. The molecule has 1 aliphatic carbocycles. The minimum atomic E-state index is 0.242. The molecule has 0 saturated heterocycles. The summed E-state index contributed by atoms with van der Waals surface area (Å²) in [5, 5.41) is 4.40. The normalized spacial score (nSPS) is 13.6. The summed E-state index contributed by atoms with van der Waals surface area (Å²) in [6.45, 7) is 5.39. The smallest absolute Gasteiger partial charge is 0.163 e. The summed E-state index contributed by atoms with van der Waals surface area (Å²) in [6.07, 6.45) is 1.46. The number of rotatable bonds is 4. The van der Waals surface area contributed by atoms with Crippen molar-refractivity contribution in [2.75, 3.05) is 0 Å². The molecule has 0 spiro atoms. The molecule has 2 aromatic rings. The Balaban J connectivity index is 1.74. The van der Waals surface area contributed by atoms with Crippen LogP contribution in [0.25, 0.3) is 0 Å². The quantitative estimate of drug-likeness (QED) is 0.858. The van der Waals surface area contributed by atoms with E-state index in [0.717, 1.165) is 41.2 Å². The fraction of sp³-hybridized carbons (Fsp3) is 0.375. The molecule has 0 aliphatic heterocycles. The third-order valence-electron chi connectivity index (χ3n) is 3.67. The maximum absolute atomic E-state index is 11.6. The number of aromatic nitrogens is 2. The number of benzene rings is 1. The number of Topliss-reactive ketones (excluding diaryl/α,β-unsaturated/α-hetero) is 1. The molecule has 3 rings (SSSR count). The predicted molar refractivity (Wildman–Crippen MR) is 76.1 cm³/mol. The third kappa shape index (κ3) is 2.33. The highest BCUT2D eigenvalue weighted by Crippen LogP contribution is 2.26. The first-order valence-electron chi connectivity index (χ1n) is 6.99. The highest BCUT2D eigenvalue weighted by atomic mass is 16.5. The molecule has 0 unspecified atom stereocenters. The third-order valence-corrected chi connectivity index (χ3v) is 3.67. The van der Waals surface area contributed by atoms with Crippen LogP contribution in [0.15, 0.2) is 24.3 Å². The first-order chi connectivity index (χ1) is 9.67. The van der Waals surface area contributed by atoms with Crippen molar-refractivity contribution in [2.24, 2.45) is 0 Å². The van der Waals surface area contributed by atoms with E-state index < -0.39 is 0 Å². The molecule has 0 bridgehead atoms. The lowest BCUT2D eigenvalue weighted by Crippen LogP contribution is -2.06. The van der Waals surface area contributed by atoms with Gasteiger partial charge in [0.05, 0.1) is 11.4 Å². The second kappa shape index (κ2) is 5.12. The van der Waals surface area contributed by atoms with Crippen LogP contribution in [0, 0.1) is 6.92 Å². The minimum absolute atomic E-state index is 0.242. The van der Waals surface area contributed by atoms with Crippen molar-refractivity contribution in [2.45, 2.75) is 39.8 Å². The number of nitrogens with zero attached hydrogens (tertiary/aromatic N) is 2. The Morgan fingerprint density at radius 2 is 2.15 bits per heavy atom. The van der Waals surface area contributed by atoms with E-state index in [4.69, 9.17) is 4.74 Å². The summed E-state index contributed by atoms with van der Waals surface area (Å²) < 4.78 is 7.79. The zero-order chi connectivity index (χ0) is 14.1. The van der Waals surface area contributed by atoms with Crippen LogP contribution in [0.5, 0.6) is 5.75 Å². The van der Waals surface area contributed by atoms with Gasteiger partial charge in [-0.25, -0.2) is 0 Å². The van der Waals surface area contributed by atoms with Crippen molar-refractivity contribution in [3.05, 3.63) is 46.8 Å². The van der Waals surface area contributed by atoms with Gasteiger partial charge in [-0.1, -0.05) is 0 Å². The van der Waals surface area contributed by atoms with Crippen molar-refractivity contribution in [1.82, 2.24) is 9.78 Å². The molecular formula is C16H18N2O2. The molecule has 4 nitrogen and oxygen atoms in total. The molecule has 104 valence electrons. The zero-order valence-corrected chi connectivity index (χ0v) is 11.8. The van der Waals surface area contributed by atoms with Gasteiger partial charge >= 0.3 is 0 Å². The molecule has 0 radical (unpaired) electrons. The van der Waals surface area contributed by atoms with E-state index in [-0.39, 0.29) is 5.78 Å². The Labute approximate surface area is 118 Å². The van der Waals surface area contributed by atoms with Gasteiger partial charge < -0.3 is 4.74 Å². The number of ether oxygens (including phenoxy) is 1. The first kappa shape index (κ1) is 12.9. The van der Waals surface area contributed by atoms with Gasteiger partial charge in [0.1, 0.15) is 12.4 Å². The van der Waals surface area contributed by atoms with Crippen molar-refractivity contribution in [1.29, 1.82) is 0 Å². The van der Waals surface area contributed by atoms with Gasteiger partial charge in [-0.15, -0.1) is 0 Å². The van der Waals surface area contributed by atoms with Crippen molar-refractivity contribution in [3.63, 3.8) is 0 Å². The largest absolute Gasteiger partial charge is 0.487 e. The number of carbonyl (C=O) groups is 1. The maximum Gasteiger partial charge on any atom is 0.163 e. The van der Waals surface area contributed by atoms with Crippen LogP contribution in [-0.4, -0.2) is 15.6 Å². The summed E-state index contributed by atoms with van der Waals surface area (Å²) in [4.78, 5) is 11.6. The Morgan fingerprint density at radius 1 is 1.30 bits per heavy atom. The van der Waals surface area contributed by atoms with Crippen LogP contribution in [0.1, 0.15) is 40.7 Å².